The Bertz CT molecular complexity index is 595. The van der Waals surface area contributed by atoms with Gasteiger partial charge >= 0.3 is 0 Å². The zero-order chi connectivity index (χ0) is 15.8. The van der Waals surface area contributed by atoms with Gasteiger partial charge in [-0.15, -0.1) is 0 Å². The van der Waals surface area contributed by atoms with E-state index < -0.39 is 0 Å². The summed E-state index contributed by atoms with van der Waals surface area (Å²) in [6.45, 7) is 4.10. The van der Waals surface area contributed by atoms with Crippen molar-refractivity contribution >= 4 is 5.91 Å². The molecule has 0 aliphatic heterocycles. The van der Waals surface area contributed by atoms with Crippen molar-refractivity contribution < 1.29 is 4.79 Å². The molecular weight excluding hydrogens is 272 g/mol. The zero-order valence-electron chi connectivity index (χ0n) is 13.3. The quantitative estimate of drug-likeness (QED) is 0.771. The number of rotatable bonds is 7. The summed E-state index contributed by atoms with van der Waals surface area (Å²) in [4.78, 5) is 11.6. The normalized spacial score (nSPS) is 11.9. The molecule has 2 aromatic carbocycles. The minimum Gasteiger partial charge on any atom is -0.355 e. The monoisotopic (exact) mass is 296 g/mol. The van der Waals surface area contributed by atoms with E-state index in [1.54, 1.807) is 7.05 Å². The van der Waals surface area contributed by atoms with E-state index in [4.69, 9.17) is 0 Å². The van der Waals surface area contributed by atoms with Gasteiger partial charge in [0.2, 0.25) is 0 Å². The second-order valence-electron chi connectivity index (χ2n) is 5.55. The lowest BCUT2D eigenvalue weighted by Crippen LogP contribution is -2.23. The first-order chi connectivity index (χ1) is 10.7. The molecule has 0 aliphatic carbocycles. The Balaban J connectivity index is 1.78. The van der Waals surface area contributed by atoms with Crippen LogP contribution in [0, 0.1) is 0 Å². The first-order valence-electron chi connectivity index (χ1n) is 7.77. The highest BCUT2D eigenvalue weighted by Gasteiger charge is 2.05. The standard InChI is InChI=1S/C19H24N2O/c1-15(17-8-4-3-5-9-17)14-21-12-11-16-7-6-10-18(13-16)19(22)20-2/h3-10,13,15,21H,11-12,14H2,1-2H3,(H,20,22)/t15-/m0/s1. The van der Waals surface area contributed by atoms with Crippen LogP contribution in [0.1, 0.15) is 34.3 Å². The summed E-state index contributed by atoms with van der Waals surface area (Å²) < 4.78 is 0. The summed E-state index contributed by atoms with van der Waals surface area (Å²) in [7, 11) is 1.65. The molecule has 2 N–H and O–H groups in total. The van der Waals surface area contributed by atoms with Crippen molar-refractivity contribution in [2.45, 2.75) is 19.3 Å². The van der Waals surface area contributed by atoms with Gasteiger partial charge in [-0.05, 0) is 42.1 Å². The van der Waals surface area contributed by atoms with Gasteiger partial charge in [0, 0.05) is 19.2 Å². The molecule has 0 bridgehead atoms. The minimum absolute atomic E-state index is 0.0347. The molecule has 0 aromatic heterocycles. The molecule has 2 aromatic rings. The van der Waals surface area contributed by atoms with Gasteiger partial charge in [0.25, 0.3) is 5.91 Å². The molecule has 0 aliphatic rings. The van der Waals surface area contributed by atoms with E-state index in [2.05, 4.69) is 47.9 Å². The van der Waals surface area contributed by atoms with Gasteiger partial charge in [-0.3, -0.25) is 4.79 Å². The minimum atomic E-state index is -0.0347. The fourth-order valence-corrected chi connectivity index (χ4v) is 2.46. The molecule has 0 saturated heterocycles. The molecule has 22 heavy (non-hydrogen) atoms. The Morgan fingerprint density at radius 1 is 1.09 bits per heavy atom. The summed E-state index contributed by atoms with van der Waals surface area (Å²) in [6, 6.07) is 18.3. The molecule has 1 amide bonds. The number of hydrogen-bond acceptors (Lipinski definition) is 2. The van der Waals surface area contributed by atoms with E-state index in [1.165, 1.54) is 11.1 Å². The van der Waals surface area contributed by atoms with Crippen LogP contribution in [0.4, 0.5) is 0 Å². The van der Waals surface area contributed by atoms with Gasteiger partial charge in [-0.2, -0.15) is 0 Å². The summed E-state index contributed by atoms with van der Waals surface area (Å²) in [6.07, 6.45) is 0.923. The highest BCUT2D eigenvalue weighted by Crippen LogP contribution is 2.13. The van der Waals surface area contributed by atoms with Crippen molar-refractivity contribution in [2.24, 2.45) is 0 Å². The third-order valence-electron chi connectivity index (χ3n) is 3.83. The van der Waals surface area contributed by atoms with Crippen LogP contribution in [0.25, 0.3) is 0 Å². The SMILES string of the molecule is CNC(=O)c1cccc(CCNC[C@H](C)c2ccccc2)c1. The fraction of sp³-hybridized carbons (Fsp3) is 0.316. The second kappa shape index (κ2) is 8.35. The van der Waals surface area contributed by atoms with Gasteiger partial charge < -0.3 is 10.6 Å². The predicted octanol–water partition coefficient (Wildman–Crippen LogP) is 2.98. The van der Waals surface area contributed by atoms with Crippen LogP contribution in [0.5, 0.6) is 0 Å². The number of hydrogen-bond donors (Lipinski definition) is 2. The average Bonchev–Trinajstić information content (AvgIpc) is 2.59. The predicted molar refractivity (Wildman–Crippen MR) is 91.3 cm³/mol. The molecule has 0 fully saturated rings. The molecule has 3 heteroatoms. The summed E-state index contributed by atoms with van der Waals surface area (Å²) in [5.41, 5.74) is 3.26. The molecule has 1 atom stereocenters. The van der Waals surface area contributed by atoms with Crippen molar-refractivity contribution in [3.63, 3.8) is 0 Å². The van der Waals surface area contributed by atoms with Crippen LogP contribution in [-0.4, -0.2) is 26.0 Å². The Morgan fingerprint density at radius 3 is 2.59 bits per heavy atom. The zero-order valence-corrected chi connectivity index (χ0v) is 13.3. The molecule has 2 rings (SSSR count). The van der Waals surface area contributed by atoms with Crippen molar-refractivity contribution in [2.75, 3.05) is 20.1 Å². The topological polar surface area (TPSA) is 41.1 Å². The first kappa shape index (κ1) is 16.2. The van der Waals surface area contributed by atoms with Gasteiger partial charge in [-0.25, -0.2) is 0 Å². The number of amides is 1. The Kier molecular flexibility index (Phi) is 6.16. The fourth-order valence-electron chi connectivity index (χ4n) is 2.46. The van der Waals surface area contributed by atoms with Crippen LogP contribution in [-0.2, 0) is 6.42 Å². The van der Waals surface area contributed by atoms with E-state index in [0.29, 0.717) is 5.92 Å². The molecule has 0 spiro atoms. The third kappa shape index (κ3) is 4.71. The number of carbonyl (C=O) groups is 1. The van der Waals surface area contributed by atoms with Crippen LogP contribution < -0.4 is 10.6 Å². The number of nitrogens with one attached hydrogen (secondary N) is 2. The summed E-state index contributed by atoms with van der Waals surface area (Å²) >= 11 is 0. The molecule has 0 unspecified atom stereocenters. The number of carbonyl (C=O) groups excluding carboxylic acids is 1. The van der Waals surface area contributed by atoms with E-state index >= 15 is 0 Å². The van der Waals surface area contributed by atoms with Crippen LogP contribution in [0.15, 0.2) is 54.6 Å². The molecule has 116 valence electrons. The second-order valence-corrected chi connectivity index (χ2v) is 5.55. The lowest BCUT2D eigenvalue weighted by atomic mass is 10.0. The van der Waals surface area contributed by atoms with Crippen molar-refractivity contribution in [3.05, 3.63) is 71.3 Å². The van der Waals surface area contributed by atoms with Crippen LogP contribution in [0.3, 0.4) is 0 Å². The van der Waals surface area contributed by atoms with Crippen molar-refractivity contribution in [3.8, 4) is 0 Å². The highest BCUT2D eigenvalue weighted by atomic mass is 16.1. The van der Waals surface area contributed by atoms with E-state index in [0.717, 1.165) is 25.1 Å². The van der Waals surface area contributed by atoms with Gasteiger partial charge in [0.15, 0.2) is 0 Å². The van der Waals surface area contributed by atoms with Crippen molar-refractivity contribution in [1.29, 1.82) is 0 Å². The van der Waals surface area contributed by atoms with Crippen LogP contribution in [0.2, 0.25) is 0 Å². The number of benzene rings is 2. The lowest BCUT2D eigenvalue weighted by Gasteiger charge is -2.13. The van der Waals surface area contributed by atoms with E-state index in [-0.39, 0.29) is 5.91 Å². The molecule has 3 nitrogen and oxygen atoms in total. The molecule has 0 heterocycles. The van der Waals surface area contributed by atoms with Crippen LogP contribution >= 0.6 is 0 Å². The Hall–Kier alpha value is -2.13. The molecule has 0 saturated carbocycles. The maximum absolute atomic E-state index is 11.6. The molecular formula is C19H24N2O. The lowest BCUT2D eigenvalue weighted by molar-refractivity contribution is 0.0963. The Morgan fingerprint density at radius 2 is 1.86 bits per heavy atom. The third-order valence-corrected chi connectivity index (χ3v) is 3.83. The summed E-state index contributed by atoms with van der Waals surface area (Å²) in [5, 5.41) is 6.15. The average molecular weight is 296 g/mol. The van der Waals surface area contributed by atoms with Gasteiger partial charge in [0.05, 0.1) is 0 Å². The Labute approximate surface area is 132 Å². The van der Waals surface area contributed by atoms with Gasteiger partial charge in [-0.1, -0.05) is 49.4 Å². The van der Waals surface area contributed by atoms with Gasteiger partial charge in [0.1, 0.15) is 0 Å². The molecule has 0 radical (unpaired) electrons. The first-order valence-corrected chi connectivity index (χ1v) is 7.77. The maximum atomic E-state index is 11.6. The maximum Gasteiger partial charge on any atom is 0.251 e. The van der Waals surface area contributed by atoms with E-state index in [1.807, 2.05) is 24.3 Å². The van der Waals surface area contributed by atoms with E-state index in [9.17, 15) is 4.79 Å². The highest BCUT2D eigenvalue weighted by molar-refractivity contribution is 5.94. The largest absolute Gasteiger partial charge is 0.355 e. The summed E-state index contributed by atoms with van der Waals surface area (Å²) in [5.74, 6) is 0.464. The smallest absolute Gasteiger partial charge is 0.251 e. The van der Waals surface area contributed by atoms with Crippen molar-refractivity contribution in [1.82, 2.24) is 10.6 Å².